The van der Waals surface area contributed by atoms with E-state index in [-0.39, 0.29) is 5.91 Å². The standard InChI is InChI=1S/C17H28N2O2/c1-14(2)8-11-18-12-10-17(20)19-13-9-15-6-4-5-7-16(15)21-3/h4-7,14,18H,8-13H2,1-3H3,(H,19,20). The van der Waals surface area contributed by atoms with Gasteiger partial charge in [-0.25, -0.2) is 0 Å². The van der Waals surface area contributed by atoms with Gasteiger partial charge in [0.15, 0.2) is 0 Å². The molecule has 0 aliphatic rings. The smallest absolute Gasteiger partial charge is 0.221 e. The van der Waals surface area contributed by atoms with Crippen molar-refractivity contribution in [2.45, 2.75) is 33.1 Å². The lowest BCUT2D eigenvalue weighted by molar-refractivity contribution is -0.120. The molecule has 0 unspecified atom stereocenters. The first-order valence-corrected chi connectivity index (χ1v) is 7.72. The van der Waals surface area contributed by atoms with Gasteiger partial charge in [-0.3, -0.25) is 4.79 Å². The molecule has 118 valence electrons. The highest BCUT2D eigenvalue weighted by Gasteiger charge is 2.04. The van der Waals surface area contributed by atoms with Crippen LogP contribution in [0.15, 0.2) is 24.3 Å². The number of benzene rings is 1. The predicted octanol–water partition coefficient (Wildman–Crippen LogP) is 2.38. The summed E-state index contributed by atoms with van der Waals surface area (Å²) >= 11 is 0. The van der Waals surface area contributed by atoms with Crippen LogP contribution in [0.1, 0.15) is 32.3 Å². The van der Waals surface area contributed by atoms with Crippen molar-refractivity contribution in [1.82, 2.24) is 10.6 Å². The van der Waals surface area contributed by atoms with Crippen molar-refractivity contribution in [2.75, 3.05) is 26.7 Å². The van der Waals surface area contributed by atoms with Crippen molar-refractivity contribution in [1.29, 1.82) is 0 Å². The van der Waals surface area contributed by atoms with Gasteiger partial charge in [0, 0.05) is 19.5 Å². The van der Waals surface area contributed by atoms with Crippen LogP contribution in [0.4, 0.5) is 0 Å². The minimum atomic E-state index is 0.0990. The molecule has 4 heteroatoms. The highest BCUT2D eigenvalue weighted by Crippen LogP contribution is 2.17. The Morgan fingerprint density at radius 1 is 1.19 bits per heavy atom. The third kappa shape index (κ3) is 7.71. The molecule has 0 spiro atoms. The summed E-state index contributed by atoms with van der Waals surface area (Å²) in [7, 11) is 1.67. The molecule has 0 heterocycles. The Morgan fingerprint density at radius 3 is 2.67 bits per heavy atom. The van der Waals surface area contributed by atoms with Crippen molar-refractivity contribution in [3.8, 4) is 5.75 Å². The highest BCUT2D eigenvalue weighted by atomic mass is 16.5. The van der Waals surface area contributed by atoms with Gasteiger partial charge in [-0.2, -0.15) is 0 Å². The van der Waals surface area contributed by atoms with Crippen LogP contribution in [0.5, 0.6) is 5.75 Å². The van der Waals surface area contributed by atoms with Gasteiger partial charge in [0.25, 0.3) is 0 Å². The second-order valence-electron chi connectivity index (χ2n) is 5.59. The van der Waals surface area contributed by atoms with Gasteiger partial charge in [0.2, 0.25) is 5.91 Å². The minimum Gasteiger partial charge on any atom is -0.496 e. The van der Waals surface area contributed by atoms with E-state index in [1.165, 1.54) is 0 Å². The summed E-state index contributed by atoms with van der Waals surface area (Å²) in [5.74, 6) is 1.68. The Hall–Kier alpha value is -1.55. The van der Waals surface area contributed by atoms with Crippen LogP contribution >= 0.6 is 0 Å². The van der Waals surface area contributed by atoms with E-state index in [0.29, 0.717) is 18.9 Å². The maximum Gasteiger partial charge on any atom is 0.221 e. The van der Waals surface area contributed by atoms with E-state index in [1.54, 1.807) is 7.11 Å². The monoisotopic (exact) mass is 292 g/mol. The van der Waals surface area contributed by atoms with Crippen LogP contribution in [-0.4, -0.2) is 32.7 Å². The number of hydrogen-bond donors (Lipinski definition) is 2. The van der Waals surface area contributed by atoms with Crippen molar-refractivity contribution in [3.05, 3.63) is 29.8 Å². The fraction of sp³-hybridized carbons (Fsp3) is 0.588. The number of nitrogens with one attached hydrogen (secondary N) is 2. The summed E-state index contributed by atoms with van der Waals surface area (Å²) in [4.78, 5) is 11.7. The molecule has 2 N–H and O–H groups in total. The molecule has 0 aliphatic carbocycles. The number of para-hydroxylation sites is 1. The minimum absolute atomic E-state index is 0.0990. The fourth-order valence-corrected chi connectivity index (χ4v) is 2.05. The van der Waals surface area contributed by atoms with Crippen LogP contribution in [0.2, 0.25) is 0 Å². The van der Waals surface area contributed by atoms with Crippen LogP contribution in [0, 0.1) is 5.92 Å². The molecule has 1 aromatic carbocycles. The number of hydrogen-bond acceptors (Lipinski definition) is 3. The molecular weight excluding hydrogens is 264 g/mol. The van der Waals surface area contributed by atoms with E-state index in [2.05, 4.69) is 24.5 Å². The van der Waals surface area contributed by atoms with Crippen molar-refractivity contribution >= 4 is 5.91 Å². The van der Waals surface area contributed by atoms with Gasteiger partial charge in [-0.15, -0.1) is 0 Å². The van der Waals surface area contributed by atoms with Crippen molar-refractivity contribution in [2.24, 2.45) is 5.92 Å². The lowest BCUT2D eigenvalue weighted by atomic mass is 10.1. The topological polar surface area (TPSA) is 50.4 Å². The average Bonchev–Trinajstić information content (AvgIpc) is 2.47. The van der Waals surface area contributed by atoms with Crippen molar-refractivity contribution < 1.29 is 9.53 Å². The normalized spacial score (nSPS) is 10.7. The third-order valence-corrected chi connectivity index (χ3v) is 3.34. The molecule has 0 saturated heterocycles. The predicted molar refractivity (Wildman–Crippen MR) is 86.6 cm³/mol. The first-order valence-electron chi connectivity index (χ1n) is 7.72. The summed E-state index contributed by atoms with van der Waals surface area (Å²) in [5.41, 5.74) is 1.12. The molecule has 0 fully saturated rings. The molecule has 0 saturated carbocycles. The summed E-state index contributed by atoms with van der Waals surface area (Å²) in [6.07, 6.45) is 2.47. The molecule has 1 rings (SSSR count). The van der Waals surface area contributed by atoms with Gasteiger partial charge in [0.05, 0.1) is 7.11 Å². The molecular formula is C17H28N2O2. The Balaban J connectivity index is 2.13. The first kappa shape index (κ1) is 17.5. The molecule has 1 aromatic rings. The second-order valence-corrected chi connectivity index (χ2v) is 5.59. The van der Waals surface area contributed by atoms with E-state index in [4.69, 9.17) is 4.74 Å². The molecule has 0 aromatic heterocycles. The fourth-order valence-electron chi connectivity index (χ4n) is 2.05. The van der Waals surface area contributed by atoms with Gasteiger partial charge < -0.3 is 15.4 Å². The largest absolute Gasteiger partial charge is 0.496 e. The van der Waals surface area contributed by atoms with Crippen LogP contribution in [-0.2, 0) is 11.2 Å². The Labute approximate surface area is 128 Å². The first-order chi connectivity index (χ1) is 10.1. The summed E-state index contributed by atoms with van der Waals surface area (Å²) < 4.78 is 5.29. The van der Waals surface area contributed by atoms with Gasteiger partial charge in [0.1, 0.15) is 5.75 Å². The number of rotatable bonds is 10. The average molecular weight is 292 g/mol. The van der Waals surface area contributed by atoms with Crippen LogP contribution < -0.4 is 15.4 Å². The van der Waals surface area contributed by atoms with Crippen LogP contribution in [0.25, 0.3) is 0 Å². The highest BCUT2D eigenvalue weighted by molar-refractivity contribution is 5.76. The van der Waals surface area contributed by atoms with E-state index in [9.17, 15) is 4.79 Å². The van der Waals surface area contributed by atoms with Crippen molar-refractivity contribution in [3.63, 3.8) is 0 Å². The number of carbonyl (C=O) groups is 1. The summed E-state index contributed by atoms with van der Waals surface area (Å²) in [5, 5.41) is 6.24. The zero-order valence-electron chi connectivity index (χ0n) is 13.4. The Bertz CT molecular complexity index is 419. The maximum absolute atomic E-state index is 11.7. The Morgan fingerprint density at radius 2 is 1.95 bits per heavy atom. The molecule has 0 bridgehead atoms. The van der Waals surface area contributed by atoms with Gasteiger partial charge in [-0.1, -0.05) is 32.0 Å². The molecule has 0 radical (unpaired) electrons. The van der Waals surface area contributed by atoms with Crippen LogP contribution in [0.3, 0.4) is 0 Å². The lowest BCUT2D eigenvalue weighted by Crippen LogP contribution is -2.29. The second kappa shape index (κ2) is 10.2. The molecule has 0 atom stereocenters. The molecule has 0 aliphatic heterocycles. The third-order valence-electron chi connectivity index (χ3n) is 3.34. The zero-order chi connectivity index (χ0) is 15.5. The van der Waals surface area contributed by atoms with E-state index >= 15 is 0 Å². The molecule has 1 amide bonds. The number of amides is 1. The number of ether oxygens (including phenoxy) is 1. The molecule has 4 nitrogen and oxygen atoms in total. The van der Waals surface area contributed by atoms with E-state index in [1.807, 2.05) is 24.3 Å². The SMILES string of the molecule is COc1ccccc1CCNC(=O)CCNCCC(C)C. The maximum atomic E-state index is 11.7. The van der Waals surface area contributed by atoms with E-state index in [0.717, 1.165) is 37.2 Å². The summed E-state index contributed by atoms with van der Waals surface area (Å²) in [6.45, 7) is 6.77. The van der Waals surface area contributed by atoms with E-state index < -0.39 is 0 Å². The lowest BCUT2D eigenvalue weighted by Gasteiger charge is -2.10. The molecule has 21 heavy (non-hydrogen) atoms. The number of methoxy groups -OCH3 is 1. The van der Waals surface area contributed by atoms with Gasteiger partial charge in [-0.05, 0) is 36.9 Å². The zero-order valence-corrected chi connectivity index (χ0v) is 13.4. The summed E-state index contributed by atoms with van der Waals surface area (Å²) in [6, 6.07) is 7.90. The Kier molecular flexibility index (Phi) is 8.51. The van der Waals surface area contributed by atoms with Gasteiger partial charge >= 0.3 is 0 Å². The number of carbonyl (C=O) groups excluding carboxylic acids is 1. The quantitative estimate of drug-likeness (QED) is 0.651.